The maximum absolute atomic E-state index is 13.8. The van der Waals surface area contributed by atoms with Crippen molar-refractivity contribution in [1.82, 2.24) is 14.8 Å². The van der Waals surface area contributed by atoms with Crippen molar-refractivity contribution in [3.63, 3.8) is 0 Å². The van der Waals surface area contributed by atoms with Crippen LogP contribution in [0.5, 0.6) is 0 Å². The van der Waals surface area contributed by atoms with Gasteiger partial charge in [-0.05, 0) is 81.4 Å². The predicted molar refractivity (Wildman–Crippen MR) is 107 cm³/mol. The van der Waals surface area contributed by atoms with E-state index < -0.39 is 0 Å². The molecule has 0 unspecified atom stereocenters. The fourth-order valence-corrected chi connectivity index (χ4v) is 4.43. The number of pyridine rings is 1. The Morgan fingerprint density at radius 3 is 2.22 bits per heavy atom. The number of likely N-dealkylation sites (tertiary alicyclic amines) is 2. The highest BCUT2D eigenvalue weighted by Gasteiger charge is 2.20. The van der Waals surface area contributed by atoms with E-state index >= 15 is 0 Å². The fourth-order valence-electron chi connectivity index (χ4n) is 4.43. The average Bonchev–Trinajstić information content (AvgIpc) is 3.20. The molecule has 1 aromatic heterocycles. The minimum atomic E-state index is -0.186. The molecule has 2 fully saturated rings. The van der Waals surface area contributed by atoms with Gasteiger partial charge >= 0.3 is 0 Å². The number of hydrogen-bond acceptors (Lipinski definition) is 3. The zero-order chi connectivity index (χ0) is 18.5. The molecular weight excluding hydrogens is 337 g/mol. The highest BCUT2D eigenvalue weighted by atomic mass is 19.1. The number of hydrogen-bond donors (Lipinski definition) is 0. The Morgan fingerprint density at radius 1 is 0.852 bits per heavy atom. The molecular formula is C23H30FN3. The molecule has 0 atom stereocenters. The Hall–Kier alpha value is -1.78. The first-order chi connectivity index (χ1) is 13.3. The smallest absolute Gasteiger partial charge is 0.145 e. The zero-order valence-electron chi connectivity index (χ0n) is 16.1. The normalized spacial score (nSPS) is 19.6. The number of aromatic nitrogens is 1. The van der Waals surface area contributed by atoms with Gasteiger partial charge in [-0.3, -0.25) is 14.8 Å². The third-order valence-corrected chi connectivity index (χ3v) is 6.11. The highest BCUT2D eigenvalue weighted by molar-refractivity contribution is 5.23. The number of halogens is 1. The number of nitrogens with zero attached hydrogens (tertiary/aromatic N) is 3. The lowest BCUT2D eigenvalue weighted by Crippen LogP contribution is -2.34. The predicted octanol–water partition coefficient (Wildman–Crippen LogP) is 4.27. The van der Waals surface area contributed by atoms with Crippen LogP contribution in [-0.4, -0.2) is 41.0 Å². The molecule has 0 spiro atoms. The van der Waals surface area contributed by atoms with Crippen LogP contribution in [0.2, 0.25) is 0 Å². The summed E-state index contributed by atoms with van der Waals surface area (Å²) >= 11 is 0. The summed E-state index contributed by atoms with van der Waals surface area (Å²) in [6.07, 6.45) is 9.26. The lowest BCUT2D eigenvalue weighted by molar-refractivity contribution is 0.175. The van der Waals surface area contributed by atoms with Crippen LogP contribution in [0.25, 0.3) is 0 Å². The Morgan fingerprint density at radius 2 is 1.52 bits per heavy atom. The topological polar surface area (TPSA) is 19.4 Å². The van der Waals surface area contributed by atoms with Gasteiger partial charge in [0.1, 0.15) is 5.82 Å². The largest absolute Gasteiger partial charge is 0.299 e. The van der Waals surface area contributed by atoms with E-state index in [1.807, 2.05) is 0 Å². The van der Waals surface area contributed by atoms with Crippen molar-refractivity contribution in [3.05, 3.63) is 65.2 Å². The van der Waals surface area contributed by atoms with Gasteiger partial charge in [0.05, 0.1) is 6.20 Å². The first-order valence-electron chi connectivity index (χ1n) is 10.4. The molecule has 0 aliphatic carbocycles. The molecule has 1 aromatic carbocycles. The third kappa shape index (κ3) is 5.14. The van der Waals surface area contributed by atoms with Gasteiger partial charge in [-0.1, -0.05) is 24.3 Å². The van der Waals surface area contributed by atoms with Gasteiger partial charge in [-0.15, -0.1) is 0 Å². The van der Waals surface area contributed by atoms with Crippen molar-refractivity contribution in [3.8, 4) is 0 Å². The lowest BCUT2D eigenvalue weighted by Gasteiger charge is -2.32. The van der Waals surface area contributed by atoms with Gasteiger partial charge in [0.2, 0.25) is 0 Å². The van der Waals surface area contributed by atoms with E-state index in [4.69, 9.17) is 0 Å². The van der Waals surface area contributed by atoms with E-state index in [-0.39, 0.29) is 5.82 Å². The van der Waals surface area contributed by atoms with Crippen LogP contribution in [-0.2, 0) is 19.5 Å². The van der Waals surface area contributed by atoms with E-state index in [2.05, 4.69) is 39.0 Å². The molecule has 2 saturated heterocycles. The summed E-state index contributed by atoms with van der Waals surface area (Å²) < 4.78 is 13.8. The number of benzene rings is 1. The van der Waals surface area contributed by atoms with Crippen LogP contribution >= 0.6 is 0 Å². The average molecular weight is 368 g/mol. The molecule has 4 heteroatoms. The molecule has 3 heterocycles. The maximum atomic E-state index is 13.8. The molecule has 2 aliphatic heterocycles. The molecule has 3 nitrogen and oxygen atoms in total. The van der Waals surface area contributed by atoms with Crippen molar-refractivity contribution in [2.75, 3.05) is 26.2 Å². The molecule has 4 rings (SSSR count). The van der Waals surface area contributed by atoms with E-state index in [9.17, 15) is 4.39 Å². The molecule has 0 radical (unpaired) electrons. The van der Waals surface area contributed by atoms with Crippen LogP contribution in [0, 0.1) is 11.7 Å². The van der Waals surface area contributed by atoms with Crippen molar-refractivity contribution in [1.29, 1.82) is 0 Å². The molecule has 0 saturated carbocycles. The first-order valence-corrected chi connectivity index (χ1v) is 10.4. The van der Waals surface area contributed by atoms with Crippen LogP contribution in [0.3, 0.4) is 0 Å². The van der Waals surface area contributed by atoms with Crippen LogP contribution in [0.1, 0.15) is 42.4 Å². The molecule has 144 valence electrons. The Labute approximate surface area is 162 Å². The summed E-state index contributed by atoms with van der Waals surface area (Å²) in [4.78, 5) is 8.76. The summed E-state index contributed by atoms with van der Waals surface area (Å²) in [5.74, 6) is 0.557. The van der Waals surface area contributed by atoms with Crippen LogP contribution in [0.15, 0.2) is 42.7 Å². The number of rotatable bonds is 6. The first kappa shape index (κ1) is 18.6. The van der Waals surface area contributed by atoms with Gasteiger partial charge in [0, 0.05) is 24.8 Å². The standard InChI is InChI=1S/C23H30FN3/c24-23-16-25-10-7-22(23)18-27-13-8-20(9-14-27)15-19-3-5-21(6-4-19)17-26-11-1-2-12-26/h3-7,10,16,20H,1-2,8-9,11-15,17-18H2. The highest BCUT2D eigenvalue weighted by Crippen LogP contribution is 2.24. The van der Waals surface area contributed by atoms with Crippen molar-refractivity contribution in [2.24, 2.45) is 5.92 Å². The van der Waals surface area contributed by atoms with E-state index in [0.29, 0.717) is 6.54 Å². The van der Waals surface area contributed by atoms with Gasteiger partial charge in [-0.25, -0.2) is 4.39 Å². The van der Waals surface area contributed by atoms with E-state index in [1.54, 1.807) is 12.3 Å². The summed E-state index contributed by atoms with van der Waals surface area (Å²) in [5, 5.41) is 0. The summed E-state index contributed by atoms with van der Waals surface area (Å²) in [5.41, 5.74) is 3.66. The van der Waals surface area contributed by atoms with Gasteiger partial charge < -0.3 is 0 Å². The van der Waals surface area contributed by atoms with Crippen LogP contribution in [0.4, 0.5) is 4.39 Å². The zero-order valence-corrected chi connectivity index (χ0v) is 16.1. The second-order valence-corrected chi connectivity index (χ2v) is 8.19. The van der Waals surface area contributed by atoms with Crippen molar-refractivity contribution >= 4 is 0 Å². The van der Waals surface area contributed by atoms with Crippen molar-refractivity contribution < 1.29 is 4.39 Å². The Balaban J connectivity index is 1.23. The summed E-state index contributed by atoms with van der Waals surface area (Å²) in [7, 11) is 0. The molecule has 0 amide bonds. The molecule has 2 aromatic rings. The molecule has 0 bridgehead atoms. The van der Waals surface area contributed by atoms with E-state index in [1.165, 1.54) is 62.5 Å². The monoisotopic (exact) mass is 367 g/mol. The lowest BCUT2D eigenvalue weighted by atomic mass is 9.89. The van der Waals surface area contributed by atoms with Gasteiger partial charge in [-0.2, -0.15) is 0 Å². The third-order valence-electron chi connectivity index (χ3n) is 6.11. The quantitative estimate of drug-likeness (QED) is 0.760. The SMILES string of the molecule is Fc1cnccc1CN1CCC(Cc2ccc(CN3CCCC3)cc2)CC1. The molecule has 2 aliphatic rings. The Bertz CT molecular complexity index is 717. The fraction of sp³-hybridized carbons (Fsp3) is 0.522. The number of piperidine rings is 1. The van der Waals surface area contributed by atoms with Gasteiger partial charge in [0.25, 0.3) is 0 Å². The van der Waals surface area contributed by atoms with Gasteiger partial charge in [0.15, 0.2) is 0 Å². The minimum Gasteiger partial charge on any atom is -0.299 e. The van der Waals surface area contributed by atoms with E-state index in [0.717, 1.165) is 31.1 Å². The van der Waals surface area contributed by atoms with Crippen LogP contribution < -0.4 is 0 Å². The summed E-state index contributed by atoms with van der Waals surface area (Å²) in [6, 6.07) is 11.1. The van der Waals surface area contributed by atoms with Crippen molar-refractivity contribution in [2.45, 2.75) is 45.2 Å². The molecule has 27 heavy (non-hydrogen) atoms. The second-order valence-electron chi connectivity index (χ2n) is 8.19. The minimum absolute atomic E-state index is 0.186. The Kier molecular flexibility index (Phi) is 6.15. The second kappa shape index (κ2) is 8.94. The molecule has 0 N–H and O–H groups in total. The maximum Gasteiger partial charge on any atom is 0.145 e. The summed E-state index contributed by atoms with van der Waals surface area (Å²) in [6.45, 7) is 6.42.